The predicted molar refractivity (Wildman–Crippen MR) is 85.4 cm³/mol. The van der Waals surface area contributed by atoms with Crippen LogP contribution in [0.15, 0.2) is 54.6 Å². The van der Waals surface area contributed by atoms with Crippen LogP contribution in [0.3, 0.4) is 0 Å². The van der Waals surface area contributed by atoms with Crippen LogP contribution in [0.4, 0.5) is 0 Å². The highest BCUT2D eigenvalue weighted by atomic mass is 31.1. The predicted octanol–water partition coefficient (Wildman–Crippen LogP) is 2.97. The van der Waals surface area contributed by atoms with E-state index in [9.17, 15) is 5.11 Å². The highest BCUT2D eigenvalue weighted by molar-refractivity contribution is 7.76. The van der Waals surface area contributed by atoms with E-state index >= 15 is 0 Å². The fourth-order valence-corrected chi connectivity index (χ4v) is 4.84. The zero-order valence-electron chi connectivity index (χ0n) is 11.1. The van der Waals surface area contributed by atoms with E-state index in [0.717, 1.165) is 5.56 Å². The van der Waals surface area contributed by atoms with Crippen LogP contribution in [0.5, 0.6) is 0 Å². The average Bonchev–Trinajstić information content (AvgIpc) is 3.03. The van der Waals surface area contributed by atoms with Gasteiger partial charge in [0.15, 0.2) is 0 Å². The van der Waals surface area contributed by atoms with Crippen LogP contribution in [0, 0.1) is 31.3 Å². The Morgan fingerprint density at radius 3 is 2.15 bits per heavy atom. The minimum Gasteiger partial charge on any atom is -0.392 e. The molecule has 2 aromatic rings. The molecule has 1 atom stereocenters. The third-order valence-electron chi connectivity index (χ3n) is 3.32. The summed E-state index contributed by atoms with van der Waals surface area (Å²) in [6, 6.07) is 18.7. The summed E-state index contributed by atoms with van der Waals surface area (Å²) < 4.78 is 0. The largest absolute Gasteiger partial charge is 0.392 e. The normalized spacial score (nSPS) is 17.2. The van der Waals surface area contributed by atoms with Gasteiger partial charge in [-0.2, -0.15) is 0 Å². The summed E-state index contributed by atoms with van der Waals surface area (Å²) in [5.74, 6) is 0. The standard InChI is InChI=1S/C18H16OP/c19-14-15-8-4-7-13-18(15)20(17-11-5-6-12-17)16-9-2-1-3-10-16/h1-13,19H,14H2/t20-/m1/s1. The summed E-state index contributed by atoms with van der Waals surface area (Å²) in [7, 11) is -0.596. The SMILES string of the molecule is OCc1ccccc1[P@@]([C]1[CH][CH][CH][CH]1)c1ccccc1. The fraction of sp³-hybridized carbons (Fsp3) is 0.0556. The van der Waals surface area contributed by atoms with Crippen molar-refractivity contribution in [1.82, 2.24) is 0 Å². The molecule has 0 aliphatic heterocycles. The molecule has 1 fully saturated rings. The molecule has 1 nitrogen and oxygen atoms in total. The number of hydrogen-bond acceptors (Lipinski definition) is 1. The molecule has 0 saturated heterocycles. The molecule has 0 aromatic heterocycles. The van der Waals surface area contributed by atoms with Crippen molar-refractivity contribution in [1.29, 1.82) is 0 Å². The molecule has 3 rings (SSSR count). The Balaban J connectivity index is 2.05. The molecule has 0 bridgehead atoms. The van der Waals surface area contributed by atoms with Crippen molar-refractivity contribution in [2.45, 2.75) is 6.61 Å². The van der Waals surface area contributed by atoms with Gasteiger partial charge in [0.2, 0.25) is 0 Å². The zero-order valence-corrected chi connectivity index (χ0v) is 12.0. The van der Waals surface area contributed by atoms with Crippen molar-refractivity contribution < 1.29 is 5.11 Å². The first kappa shape index (κ1) is 13.8. The lowest BCUT2D eigenvalue weighted by Gasteiger charge is -2.26. The molecule has 99 valence electrons. The van der Waals surface area contributed by atoms with Gasteiger partial charge in [-0.3, -0.25) is 0 Å². The average molecular weight is 279 g/mol. The first-order chi connectivity index (χ1) is 9.90. The lowest BCUT2D eigenvalue weighted by atomic mass is 10.2. The lowest BCUT2D eigenvalue weighted by molar-refractivity contribution is 0.283. The topological polar surface area (TPSA) is 20.2 Å². The smallest absolute Gasteiger partial charge is 0.0688 e. The fourth-order valence-electron chi connectivity index (χ4n) is 2.38. The zero-order chi connectivity index (χ0) is 13.8. The molecular weight excluding hydrogens is 263 g/mol. The van der Waals surface area contributed by atoms with Crippen LogP contribution < -0.4 is 10.6 Å². The van der Waals surface area contributed by atoms with E-state index in [1.54, 1.807) is 0 Å². The van der Waals surface area contributed by atoms with Gasteiger partial charge in [0.25, 0.3) is 0 Å². The quantitative estimate of drug-likeness (QED) is 0.853. The second kappa shape index (κ2) is 6.52. The number of hydrogen-bond donors (Lipinski definition) is 1. The summed E-state index contributed by atoms with van der Waals surface area (Å²) in [6.45, 7) is 0.0859. The third-order valence-corrected chi connectivity index (χ3v) is 5.87. The molecule has 1 saturated carbocycles. The lowest BCUT2D eigenvalue weighted by Crippen LogP contribution is -2.19. The number of aliphatic hydroxyl groups excluding tert-OH is 1. The molecule has 2 aromatic carbocycles. The number of aliphatic hydroxyl groups is 1. The molecule has 2 heteroatoms. The van der Waals surface area contributed by atoms with Crippen molar-refractivity contribution in [3.63, 3.8) is 0 Å². The Morgan fingerprint density at radius 1 is 0.800 bits per heavy atom. The second-order valence-electron chi connectivity index (χ2n) is 4.60. The molecule has 20 heavy (non-hydrogen) atoms. The van der Waals surface area contributed by atoms with E-state index in [0.29, 0.717) is 0 Å². The number of rotatable bonds is 4. The van der Waals surface area contributed by atoms with Gasteiger partial charge in [-0.25, -0.2) is 0 Å². The molecule has 0 heterocycles. The summed E-state index contributed by atoms with van der Waals surface area (Å²) in [6.07, 6.45) is 8.50. The van der Waals surface area contributed by atoms with Gasteiger partial charge in [0, 0.05) is 5.66 Å². The van der Waals surface area contributed by atoms with E-state index in [2.05, 4.69) is 62.1 Å². The summed E-state index contributed by atoms with van der Waals surface area (Å²) in [5.41, 5.74) is 2.34. The van der Waals surface area contributed by atoms with Gasteiger partial charge in [0.05, 0.1) is 6.61 Å². The van der Waals surface area contributed by atoms with E-state index < -0.39 is 7.92 Å². The van der Waals surface area contributed by atoms with Crippen molar-refractivity contribution in [2.24, 2.45) is 0 Å². The van der Waals surface area contributed by atoms with Gasteiger partial charge >= 0.3 is 0 Å². The van der Waals surface area contributed by atoms with Gasteiger partial charge < -0.3 is 5.11 Å². The Labute approximate surface area is 122 Å². The van der Waals surface area contributed by atoms with Gasteiger partial charge in [0.1, 0.15) is 0 Å². The first-order valence-corrected chi connectivity index (χ1v) is 8.00. The maximum atomic E-state index is 9.62. The van der Waals surface area contributed by atoms with Crippen molar-refractivity contribution in [3.8, 4) is 0 Å². The van der Waals surface area contributed by atoms with Crippen molar-refractivity contribution in [3.05, 3.63) is 91.5 Å². The van der Waals surface area contributed by atoms with E-state index in [1.165, 1.54) is 16.3 Å². The molecule has 0 unspecified atom stereocenters. The number of benzene rings is 2. The Bertz CT molecular complexity index is 546. The highest BCUT2D eigenvalue weighted by Crippen LogP contribution is 2.52. The van der Waals surface area contributed by atoms with E-state index in [1.807, 2.05) is 18.2 Å². The maximum absolute atomic E-state index is 9.62. The molecule has 0 amide bonds. The summed E-state index contributed by atoms with van der Waals surface area (Å²) in [5, 5.41) is 12.2. The van der Waals surface area contributed by atoms with Gasteiger partial charge in [-0.05, 0) is 49.8 Å². The first-order valence-electron chi connectivity index (χ1n) is 6.66. The minimum absolute atomic E-state index is 0.0859. The molecule has 1 aliphatic rings. The van der Waals surface area contributed by atoms with E-state index in [4.69, 9.17) is 0 Å². The molecule has 1 aliphatic carbocycles. The monoisotopic (exact) mass is 279 g/mol. The Kier molecular flexibility index (Phi) is 4.50. The molecule has 5 radical (unpaired) electrons. The summed E-state index contributed by atoms with van der Waals surface area (Å²) in [4.78, 5) is 0. The van der Waals surface area contributed by atoms with Gasteiger partial charge in [-0.15, -0.1) is 0 Å². The summed E-state index contributed by atoms with van der Waals surface area (Å²) >= 11 is 0. The van der Waals surface area contributed by atoms with Gasteiger partial charge in [-0.1, -0.05) is 54.6 Å². The van der Waals surface area contributed by atoms with Crippen molar-refractivity contribution in [2.75, 3.05) is 0 Å². The van der Waals surface area contributed by atoms with Crippen LogP contribution >= 0.6 is 7.92 Å². The Hall–Kier alpha value is -1.17. The van der Waals surface area contributed by atoms with Crippen LogP contribution in [0.25, 0.3) is 0 Å². The molecule has 0 spiro atoms. The second-order valence-corrected chi connectivity index (χ2v) is 6.79. The molecule has 1 N–H and O–H groups in total. The van der Waals surface area contributed by atoms with Crippen molar-refractivity contribution >= 4 is 18.5 Å². The van der Waals surface area contributed by atoms with Crippen LogP contribution in [0.2, 0.25) is 0 Å². The highest BCUT2D eigenvalue weighted by Gasteiger charge is 2.29. The Morgan fingerprint density at radius 2 is 1.45 bits per heavy atom. The van der Waals surface area contributed by atoms with Crippen LogP contribution in [-0.4, -0.2) is 5.11 Å². The van der Waals surface area contributed by atoms with E-state index in [-0.39, 0.29) is 6.61 Å². The minimum atomic E-state index is -0.596. The van der Waals surface area contributed by atoms with Crippen LogP contribution in [0.1, 0.15) is 5.56 Å². The molecular formula is C18H16OP. The maximum Gasteiger partial charge on any atom is 0.0688 e. The van der Waals surface area contributed by atoms with Crippen LogP contribution in [-0.2, 0) is 6.61 Å². The third kappa shape index (κ3) is 2.80.